The van der Waals surface area contributed by atoms with Crippen LogP contribution in [0.15, 0.2) is 0 Å². The van der Waals surface area contributed by atoms with Gasteiger partial charge in [-0.2, -0.15) is 0 Å². The summed E-state index contributed by atoms with van der Waals surface area (Å²) in [5.41, 5.74) is 0. The summed E-state index contributed by atoms with van der Waals surface area (Å²) in [7, 11) is 1.70. The molecular formula is C10H20O2. The van der Waals surface area contributed by atoms with E-state index in [1.807, 2.05) is 0 Å². The van der Waals surface area contributed by atoms with Crippen molar-refractivity contribution in [2.75, 3.05) is 13.7 Å². The fourth-order valence-electron chi connectivity index (χ4n) is 1.44. The van der Waals surface area contributed by atoms with E-state index in [-0.39, 0.29) is 6.10 Å². The van der Waals surface area contributed by atoms with Gasteiger partial charge in [-0.25, -0.2) is 0 Å². The average molecular weight is 172 g/mol. The summed E-state index contributed by atoms with van der Waals surface area (Å²) in [6, 6.07) is 0. The van der Waals surface area contributed by atoms with Crippen molar-refractivity contribution < 1.29 is 9.84 Å². The van der Waals surface area contributed by atoms with E-state index < -0.39 is 0 Å². The first kappa shape index (κ1) is 10.0. The normalized spacial score (nSPS) is 19.5. The number of hydrogen-bond acceptors (Lipinski definition) is 2. The van der Waals surface area contributed by atoms with Crippen LogP contribution in [-0.4, -0.2) is 24.9 Å². The van der Waals surface area contributed by atoms with Gasteiger partial charge in [-0.3, -0.25) is 0 Å². The maximum absolute atomic E-state index is 9.50. The molecule has 1 atom stereocenters. The lowest BCUT2D eigenvalue weighted by Gasteiger charge is -2.08. The molecule has 1 N–H and O–H groups in total. The van der Waals surface area contributed by atoms with Crippen molar-refractivity contribution in [3.63, 3.8) is 0 Å². The molecule has 0 radical (unpaired) electrons. The van der Waals surface area contributed by atoms with Crippen molar-refractivity contribution in [2.45, 2.75) is 44.6 Å². The molecule has 0 aromatic rings. The van der Waals surface area contributed by atoms with Crippen molar-refractivity contribution in [3.05, 3.63) is 0 Å². The van der Waals surface area contributed by atoms with Crippen molar-refractivity contribution in [2.24, 2.45) is 5.92 Å². The van der Waals surface area contributed by atoms with E-state index in [2.05, 4.69) is 0 Å². The van der Waals surface area contributed by atoms with Gasteiger partial charge in [0.15, 0.2) is 0 Å². The Bertz CT molecular complexity index is 110. The fraction of sp³-hybridized carbons (Fsp3) is 1.00. The van der Waals surface area contributed by atoms with Crippen LogP contribution in [-0.2, 0) is 4.74 Å². The van der Waals surface area contributed by atoms with Crippen LogP contribution in [0, 0.1) is 5.92 Å². The Morgan fingerprint density at radius 2 is 2.17 bits per heavy atom. The Balaban J connectivity index is 1.84. The molecule has 1 aliphatic rings. The number of hydrogen-bond donors (Lipinski definition) is 1. The highest BCUT2D eigenvalue weighted by Crippen LogP contribution is 2.34. The molecule has 1 saturated carbocycles. The van der Waals surface area contributed by atoms with Gasteiger partial charge < -0.3 is 9.84 Å². The zero-order chi connectivity index (χ0) is 8.81. The van der Waals surface area contributed by atoms with Gasteiger partial charge in [0.1, 0.15) is 0 Å². The second-order valence-electron chi connectivity index (χ2n) is 3.81. The molecule has 1 rings (SSSR count). The highest BCUT2D eigenvalue weighted by Gasteiger charge is 2.21. The topological polar surface area (TPSA) is 29.5 Å². The first-order chi connectivity index (χ1) is 5.83. The number of aliphatic hydroxyl groups is 1. The van der Waals surface area contributed by atoms with Crippen LogP contribution in [0.5, 0.6) is 0 Å². The molecule has 1 unspecified atom stereocenters. The monoisotopic (exact) mass is 172 g/mol. The zero-order valence-corrected chi connectivity index (χ0v) is 7.96. The third-order valence-electron chi connectivity index (χ3n) is 2.49. The predicted octanol–water partition coefficient (Wildman–Crippen LogP) is 1.96. The molecule has 0 spiro atoms. The molecule has 0 bridgehead atoms. The lowest BCUT2D eigenvalue weighted by atomic mass is 10.1. The quantitative estimate of drug-likeness (QED) is 0.595. The molecule has 0 aromatic carbocycles. The minimum Gasteiger partial charge on any atom is -0.393 e. The lowest BCUT2D eigenvalue weighted by Crippen LogP contribution is -2.07. The molecule has 72 valence electrons. The SMILES string of the molecule is COCCCC(O)CCC1CC1. The van der Waals surface area contributed by atoms with Gasteiger partial charge in [-0.05, 0) is 31.6 Å². The maximum Gasteiger partial charge on any atom is 0.0541 e. The van der Waals surface area contributed by atoms with Gasteiger partial charge in [0, 0.05) is 13.7 Å². The predicted molar refractivity (Wildman–Crippen MR) is 49.1 cm³/mol. The molecule has 0 aromatic heterocycles. The summed E-state index contributed by atoms with van der Waals surface area (Å²) in [4.78, 5) is 0. The van der Waals surface area contributed by atoms with E-state index in [1.54, 1.807) is 7.11 Å². The van der Waals surface area contributed by atoms with E-state index in [0.29, 0.717) is 0 Å². The summed E-state index contributed by atoms with van der Waals surface area (Å²) in [6.07, 6.45) is 6.82. The van der Waals surface area contributed by atoms with Crippen molar-refractivity contribution in [3.8, 4) is 0 Å². The summed E-state index contributed by atoms with van der Waals surface area (Å²) in [5.74, 6) is 0.946. The van der Waals surface area contributed by atoms with E-state index >= 15 is 0 Å². The molecule has 1 fully saturated rings. The minimum atomic E-state index is -0.0826. The highest BCUT2D eigenvalue weighted by atomic mass is 16.5. The minimum absolute atomic E-state index is 0.0826. The zero-order valence-electron chi connectivity index (χ0n) is 7.96. The Hall–Kier alpha value is -0.0800. The van der Waals surface area contributed by atoms with E-state index in [9.17, 15) is 5.11 Å². The highest BCUT2D eigenvalue weighted by molar-refractivity contribution is 4.74. The summed E-state index contributed by atoms with van der Waals surface area (Å²) >= 11 is 0. The van der Waals surface area contributed by atoms with Gasteiger partial charge in [0.25, 0.3) is 0 Å². The molecule has 0 saturated heterocycles. The first-order valence-electron chi connectivity index (χ1n) is 5.00. The standard InChI is InChI=1S/C10H20O2/c1-12-8-2-3-10(11)7-6-9-4-5-9/h9-11H,2-8H2,1H3. The lowest BCUT2D eigenvalue weighted by molar-refractivity contribution is 0.125. The van der Waals surface area contributed by atoms with Gasteiger partial charge in [0.05, 0.1) is 6.10 Å². The number of ether oxygens (including phenoxy) is 1. The molecule has 0 heterocycles. The number of aliphatic hydroxyl groups excluding tert-OH is 1. The summed E-state index contributed by atoms with van der Waals surface area (Å²) in [5, 5.41) is 9.50. The van der Waals surface area contributed by atoms with Gasteiger partial charge in [0.2, 0.25) is 0 Å². The maximum atomic E-state index is 9.50. The molecule has 2 nitrogen and oxygen atoms in total. The van der Waals surface area contributed by atoms with E-state index in [0.717, 1.165) is 31.8 Å². The fourth-order valence-corrected chi connectivity index (χ4v) is 1.44. The van der Waals surface area contributed by atoms with Crippen LogP contribution in [0.1, 0.15) is 38.5 Å². The Labute approximate surface area is 74.9 Å². The number of rotatable bonds is 7. The Morgan fingerprint density at radius 1 is 1.42 bits per heavy atom. The van der Waals surface area contributed by atoms with Gasteiger partial charge >= 0.3 is 0 Å². The van der Waals surface area contributed by atoms with Crippen LogP contribution in [0.25, 0.3) is 0 Å². The van der Waals surface area contributed by atoms with Crippen LogP contribution < -0.4 is 0 Å². The summed E-state index contributed by atoms with van der Waals surface area (Å²) in [6.45, 7) is 0.778. The molecule has 12 heavy (non-hydrogen) atoms. The third-order valence-corrected chi connectivity index (χ3v) is 2.49. The molecular weight excluding hydrogens is 152 g/mol. The summed E-state index contributed by atoms with van der Waals surface area (Å²) < 4.78 is 4.92. The number of methoxy groups -OCH3 is 1. The van der Waals surface area contributed by atoms with Gasteiger partial charge in [-0.1, -0.05) is 12.8 Å². The largest absolute Gasteiger partial charge is 0.393 e. The smallest absolute Gasteiger partial charge is 0.0541 e. The Kier molecular flexibility index (Phi) is 4.62. The van der Waals surface area contributed by atoms with Crippen LogP contribution in [0.3, 0.4) is 0 Å². The van der Waals surface area contributed by atoms with Crippen molar-refractivity contribution in [1.29, 1.82) is 0 Å². The van der Waals surface area contributed by atoms with Crippen molar-refractivity contribution in [1.82, 2.24) is 0 Å². The van der Waals surface area contributed by atoms with E-state index in [4.69, 9.17) is 4.74 Å². The third kappa shape index (κ3) is 4.73. The molecule has 0 aliphatic heterocycles. The van der Waals surface area contributed by atoms with Crippen molar-refractivity contribution >= 4 is 0 Å². The Morgan fingerprint density at radius 3 is 2.75 bits per heavy atom. The van der Waals surface area contributed by atoms with Crippen LogP contribution >= 0.6 is 0 Å². The van der Waals surface area contributed by atoms with Gasteiger partial charge in [-0.15, -0.1) is 0 Å². The average Bonchev–Trinajstić information content (AvgIpc) is 2.84. The van der Waals surface area contributed by atoms with Crippen LogP contribution in [0.2, 0.25) is 0 Å². The van der Waals surface area contributed by atoms with E-state index in [1.165, 1.54) is 19.3 Å². The molecule has 1 aliphatic carbocycles. The molecule has 0 amide bonds. The second-order valence-corrected chi connectivity index (χ2v) is 3.81. The molecule has 2 heteroatoms. The van der Waals surface area contributed by atoms with Crippen LogP contribution in [0.4, 0.5) is 0 Å². The first-order valence-corrected chi connectivity index (χ1v) is 5.00. The second kappa shape index (κ2) is 5.55.